The van der Waals surface area contributed by atoms with Gasteiger partial charge >= 0.3 is 0 Å². The van der Waals surface area contributed by atoms with E-state index in [9.17, 15) is 5.11 Å². The highest BCUT2D eigenvalue weighted by atomic mass is 35.5. The standard InChI is InChI=1S/C23H23Cl2N5O3/c1-13-7-21(33-12-15-11-32-14(2)28-15)17(25)10-30(13)20-8-19(27-9-16(20)24)18-5-6-26-22(29-18)23(3,4)31/h5-9,11,31H,10,12H2,1-4H3. The van der Waals surface area contributed by atoms with Crippen LogP contribution >= 0.6 is 23.2 Å². The van der Waals surface area contributed by atoms with E-state index < -0.39 is 5.60 Å². The van der Waals surface area contributed by atoms with Crippen LogP contribution in [0.1, 0.15) is 38.2 Å². The molecule has 4 heterocycles. The van der Waals surface area contributed by atoms with E-state index in [1.54, 1.807) is 45.5 Å². The number of aryl methyl sites for hydroxylation is 1. The van der Waals surface area contributed by atoms with Crippen LogP contribution in [-0.2, 0) is 16.9 Å². The van der Waals surface area contributed by atoms with Crippen molar-refractivity contribution in [1.82, 2.24) is 19.9 Å². The van der Waals surface area contributed by atoms with E-state index in [2.05, 4.69) is 19.9 Å². The van der Waals surface area contributed by atoms with Crippen LogP contribution in [0.4, 0.5) is 5.69 Å². The number of rotatable bonds is 6. The number of aliphatic hydroxyl groups is 1. The topological polar surface area (TPSA) is 97.4 Å². The van der Waals surface area contributed by atoms with Gasteiger partial charge in [-0.1, -0.05) is 23.2 Å². The first-order valence-corrected chi connectivity index (χ1v) is 11.0. The molecule has 0 aliphatic carbocycles. The molecule has 0 saturated carbocycles. The van der Waals surface area contributed by atoms with Crippen molar-refractivity contribution in [3.05, 3.63) is 75.8 Å². The molecule has 0 saturated heterocycles. The molecule has 0 bridgehead atoms. The Labute approximate surface area is 201 Å². The van der Waals surface area contributed by atoms with Crippen molar-refractivity contribution in [2.75, 3.05) is 11.4 Å². The molecule has 0 amide bonds. The van der Waals surface area contributed by atoms with Gasteiger partial charge in [0.25, 0.3) is 0 Å². The van der Waals surface area contributed by atoms with Crippen molar-refractivity contribution >= 4 is 28.9 Å². The highest BCUT2D eigenvalue weighted by Gasteiger charge is 2.24. The molecule has 4 rings (SSSR count). The summed E-state index contributed by atoms with van der Waals surface area (Å²) in [7, 11) is 0. The third-order valence-electron chi connectivity index (χ3n) is 4.96. The zero-order valence-corrected chi connectivity index (χ0v) is 20.1. The summed E-state index contributed by atoms with van der Waals surface area (Å²) in [6.07, 6.45) is 6.58. The van der Waals surface area contributed by atoms with Crippen molar-refractivity contribution in [2.45, 2.75) is 39.9 Å². The van der Waals surface area contributed by atoms with E-state index in [0.717, 1.165) is 11.4 Å². The fourth-order valence-corrected chi connectivity index (χ4v) is 3.71. The number of nitrogens with zero attached hydrogens (tertiary/aromatic N) is 5. The number of allylic oxidation sites excluding steroid dienone is 2. The molecule has 172 valence electrons. The Morgan fingerprint density at radius 2 is 1.97 bits per heavy atom. The Morgan fingerprint density at radius 3 is 2.67 bits per heavy atom. The Bertz CT molecular complexity index is 1250. The van der Waals surface area contributed by atoms with Crippen LogP contribution in [0.25, 0.3) is 11.4 Å². The number of oxazole rings is 1. The van der Waals surface area contributed by atoms with Crippen molar-refractivity contribution in [2.24, 2.45) is 0 Å². The largest absolute Gasteiger partial charge is 0.486 e. The maximum absolute atomic E-state index is 10.2. The fraction of sp³-hybridized carbons (Fsp3) is 0.304. The molecule has 33 heavy (non-hydrogen) atoms. The number of anilines is 1. The van der Waals surface area contributed by atoms with Crippen LogP contribution in [0.5, 0.6) is 0 Å². The van der Waals surface area contributed by atoms with Gasteiger partial charge in [0.15, 0.2) is 11.7 Å². The Balaban J connectivity index is 1.59. The SMILES string of the molecule is CC1=CC(OCc2coc(C)n2)=C(Cl)CN1c1cc(-c2ccnc(C(C)(C)O)n2)ncc1Cl. The summed E-state index contributed by atoms with van der Waals surface area (Å²) in [5, 5.41) is 11.2. The molecule has 1 aliphatic heterocycles. The lowest BCUT2D eigenvalue weighted by atomic mass is 10.1. The Kier molecular flexibility index (Phi) is 6.43. The van der Waals surface area contributed by atoms with Gasteiger partial charge in [-0.3, -0.25) is 4.98 Å². The second-order valence-corrected chi connectivity index (χ2v) is 9.00. The van der Waals surface area contributed by atoms with Crippen molar-refractivity contribution in [1.29, 1.82) is 0 Å². The number of aromatic nitrogens is 4. The van der Waals surface area contributed by atoms with Crippen LogP contribution in [0.2, 0.25) is 5.02 Å². The lowest BCUT2D eigenvalue weighted by molar-refractivity contribution is 0.0688. The molecule has 1 N–H and O–H groups in total. The highest BCUT2D eigenvalue weighted by molar-refractivity contribution is 6.33. The molecule has 0 spiro atoms. The van der Waals surface area contributed by atoms with Crippen LogP contribution in [0, 0.1) is 6.92 Å². The minimum atomic E-state index is -1.17. The first kappa shape index (κ1) is 23.2. The van der Waals surface area contributed by atoms with Gasteiger partial charge in [-0.05, 0) is 32.9 Å². The molecule has 0 atom stereocenters. The maximum Gasteiger partial charge on any atom is 0.191 e. The van der Waals surface area contributed by atoms with Gasteiger partial charge in [0.05, 0.1) is 33.7 Å². The van der Waals surface area contributed by atoms with E-state index in [-0.39, 0.29) is 6.61 Å². The maximum atomic E-state index is 10.2. The molecule has 0 fully saturated rings. The quantitative estimate of drug-likeness (QED) is 0.512. The summed E-state index contributed by atoms with van der Waals surface area (Å²) >= 11 is 13.1. The Morgan fingerprint density at radius 1 is 1.18 bits per heavy atom. The van der Waals surface area contributed by atoms with Gasteiger partial charge in [0.1, 0.15) is 29.9 Å². The smallest absolute Gasteiger partial charge is 0.191 e. The third-order valence-corrected chi connectivity index (χ3v) is 5.56. The number of halogens is 2. The van der Waals surface area contributed by atoms with Crippen molar-refractivity contribution < 1.29 is 14.3 Å². The second-order valence-electron chi connectivity index (χ2n) is 8.13. The summed E-state index contributed by atoms with van der Waals surface area (Å²) in [4.78, 5) is 19.2. The molecule has 0 unspecified atom stereocenters. The molecule has 0 aromatic carbocycles. The van der Waals surface area contributed by atoms with Crippen LogP contribution < -0.4 is 4.90 Å². The zero-order chi connectivity index (χ0) is 23.8. The van der Waals surface area contributed by atoms with E-state index in [0.29, 0.717) is 51.2 Å². The van der Waals surface area contributed by atoms with Gasteiger partial charge in [0, 0.05) is 31.1 Å². The van der Waals surface area contributed by atoms with Gasteiger partial charge in [0.2, 0.25) is 0 Å². The van der Waals surface area contributed by atoms with E-state index in [4.69, 9.17) is 32.4 Å². The first-order chi connectivity index (χ1) is 15.6. The number of hydrogen-bond donors (Lipinski definition) is 1. The first-order valence-electron chi connectivity index (χ1n) is 10.2. The minimum absolute atomic E-state index is 0.254. The van der Waals surface area contributed by atoms with Crippen molar-refractivity contribution in [3.63, 3.8) is 0 Å². The second kappa shape index (κ2) is 9.13. The van der Waals surface area contributed by atoms with E-state index >= 15 is 0 Å². The summed E-state index contributed by atoms with van der Waals surface area (Å²) in [5.41, 5.74) is 2.31. The summed E-state index contributed by atoms with van der Waals surface area (Å²) in [6.45, 7) is 7.61. The average molecular weight is 488 g/mol. The molecule has 0 radical (unpaired) electrons. The van der Waals surface area contributed by atoms with E-state index in [1.807, 2.05) is 24.0 Å². The average Bonchev–Trinajstić information content (AvgIpc) is 3.19. The number of hydrogen-bond acceptors (Lipinski definition) is 8. The van der Waals surface area contributed by atoms with Gasteiger partial charge in [-0.25, -0.2) is 15.0 Å². The number of ether oxygens (including phenoxy) is 1. The normalized spacial score (nSPS) is 14.5. The molecule has 1 aliphatic rings. The number of pyridine rings is 1. The summed E-state index contributed by atoms with van der Waals surface area (Å²) in [6, 6.07) is 3.57. The van der Waals surface area contributed by atoms with Gasteiger partial charge < -0.3 is 19.2 Å². The van der Waals surface area contributed by atoms with Gasteiger partial charge in [-0.2, -0.15) is 0 Å². The van der Waals surface area contributed by atoms with Crippen molar-refractivity contribution in [3.8, 4) is 11.4 Å². The molecule has 8 nitrogen and oxygen atoms in total. The predicted octanol–water partition coefficient (Wildman–Crippen LogP) is 5.11. The predicted molar refractivity (Wildman–Crippen MR) is 126 cm³/mol. The summed E-state index contributed by atoms with van der Waals surface area (Å²) < 4.78 is 11.1. The van der Waals surface area contributed by atoms with Gasteiger partial charge in [-0.15, -0.1) is 0 Å². The molecular formula is C23H23Cl2N5O3. The highest BCUT2D eigenvalue weighted by Crippen LogP contribution is 2.35. The third kappa shape index (κ3) is 5.19. The van der Waals surface area contributed by atoms with Crippen LogP contribution in [0.15, 0.2) is 57.8 Å². The lowest BCUT2D eigenvalue weighted by Gasteiger charge is -2.30. The molecular weight excluding hydrogens is 465 g/mol. The molecule has 10 heteroatoms. The minimum Gasteiger partial charge on any atom is -0.486 e. The monoisotopic (exact) mass is 487 g/mol. The lowest BCUT2D eigenvalue weighted by Crippen LogP contribution is -2.27. The Hall–Kier alpha value is -2.94. The van der Waals surface area contributed by atoms with E-state index in [1.165, 1.54) is 0 Å². The molecule has 3 aromatic heterocycles. The van der Waals surface area contributed by atoms with Crippen LogP contribution in [-0.4, -0.2) is 31.6 Å². The molecule has 3 aromatic rings. The van der Waals surface area contributed by atoms with Crippen LogP contribution in [0.3, 0.4) is 0 Å². The zero-order valence-electron chi connectivity index (χ0n) is 18.6. The summed E-state index contributed by atoms with van der Waals surface area (Å²) in [5.74, 6) is 1.46. The fourth-order valence-electron chi connectivity index (χ4n) is 3.28.